The van der Waals surface area contributed by atoms with E-state index in [0.29, 0.717) is 23.0 Å². The number of rotatable bonds is 7. The van der Waals surface area contributed by atoms with Crippen molar-refractivity contribution in [1.82, 2.24) is 15.0 Å². The average molecular weight is 699 g/mol. The number of aromatic nitrogens is 3. The number of benzene rings is 6. The van der Waals surface area contributed by atoms with Gasteiger partial charge >= 0.3 is 0 Å². The molecule has 4 heteroatoms. The summed E-state index contributed by atoms with van der Waals surface area (Å²) in [7, 11) is 0. The van der Waals surface area contributed by atoms with Gasteiger partial charge in [-0.25, -0.2) is 15.0 Å². The van der Waals surface area contributed by atoms with Crippen molar-refractivity contribution in [3.05, 3.63) is 174 Å². The number of hydrogen-bond acceptors (Lipinski definition) is 4. The summed E-state index contributed by atoms with van der Waals surface area (Å²) < 4.78 is 0. The quantitative estimate of drug-likeness (QED) is 0.166. The summed E-state index contributed by atoms with van der Waals surface area (Å²) in [6, 6.07) is 57.7. The number of fused-ring (bicyclic) bond motifs is 2. The summed E-state index contributed by atoms with van der Waals surface area (Å²) in [6.07, 6.45) is 7.50. The lowest BCUT2D eigenvalue weighted by Gasteiger charge is -2.53. The van der Waals surface area contributed by atoms with E-state index in [1.54, 1.807) is 0 Å². The second-order valence-electron chi connectivity index (χ2n) is 15.6. The van der Waals surface area contributed by atoms with E-state index in [4.69, 9.17) is 20.2 Å². The van der Waals surface area contributed by atoms with Crippen LogP contribution in [0.25, 0.3) is 56.4 Å². The van der Waals surface area contributed by atoms with E-state index in [-0.39, 0.29) is 10.8 Å². The lowest BCUT2D eigenvalue weighted by Crippen LogP contribution is -2.46. The predicted molar refractivity (Wildman–Crippen MR) is 218 cm³/mol. The highest BCUT2D eigenvalue weighted by molar-refractivity contribution is 5.71. The molecule has 1 heterocycles. The van der Waals surface area contributed by atoms with Crippen LogP contribution >= 0.6 is 0 Å². The molecule has 4 nitrogen and oxygen atoms in total. The third-order valence-electron chi connectivity index (χ3n) is 12.0. The van der Waals surface area contributed by atoms with Crippen molar-refractivity contribution in [3.8, 4) is 62.5 Å². The summed E-state index contributed by atoms with van der Waals surface area (Å²) in [5, 5.41) is 9.15. The molecule has 54 heavy (non-hydrogen) atoms. The molecule has 0 spiro atoms. The van der Waals surface area contributed by atoms with Crippen LogP contribution in [0.5, 0.6) is 0 Å². The largest absolute Gasteiger partial charge is 0.208 e. The Morgan fingerprint density at radius 3 is 1.43 bits per heavy atom. The molecule has 0 aliphatic heterocycles. The van der Waals surface area contributed by atoms with E-state index >= 15 is 0 Å². The number of hydrogen-bond donors (Lipinski definition) is 0. The maximum absolute atomic E-state index is 9.15. The van der Waals surface area contributed by atoms with E-state index in [2.05, 4.69) is 110 Å². The smallest absolute Gasteiger partial charge is 0.164 e. The maximum atomic E-state index is 9.15. The monoisotopic (exact) mass is 698 g/mol. The molecule has 0 radical (unpaired) electrons. The van der Waals surface area contributed by atoms with E-state index in [9.17, 15) is 0 Å². The van der Waals surface area contributed by atoms with Crippen LogP contribution in [-0.2, 0) is 10.8 Å². The summed E-state index contributed by atoms with van der Waals surface area (Å²) in [5.41, 5.74) is 11.5. The lowest BCUT2D eigenvalue weighted by atomic mass is 9.51. The second-order valence-corrected chi connectivity index (χ2v) is 15.6. The molecule has 3 unspecified atom stereocenters. The predicted octanol–water partition coefficient (Wildman–Crippen LogP) is 12.3. The highest BCUT2D eigenvalue weighted by atomic mass is 15.0. The first kappa shape index (κ1) is 33.6. The Morgan fingerprint density at radius 2 is 0.926 bits per heavy atom. The maximum Gasteiger partial charge on any atom is 0.164 e. The van der Waals surface area contributed by atoms with Gasteiger partial charge in [0.05, 0.1) is 11.6 Å². The van der Waals surface area contributed by atoms with Gasteiger partial charge in [-0.05, 0) is 87.9 Å². The molecule has 1 aromatic heterocycles. The van der Waals surface area contributed by atoms with E-state index in [1.807, 2.05) is 60.7 Å². The Balaban J connectivity index is 0.980. The topological polar surface area (TPSA) is 62.5 Å². The van der Waals surface area contributed by atoms with Gasteiger partial charge in [-0.15, -0.1) is 0 Å². The van der Waals surface area contributed by atoms with Gasteiger partial charge in [0.2, 0.25) is 0 Å². The number of nitrogens with zero attached hydrogens (tertiary/aromatic N) is 4. The number of nitriles is 1. The standard InChI is InChI=1S/C50H42N4/c1-49(44-26-24-43(25-27-44)48-53-46(41-10-4-2-5-11-41)52-47(54-48)42-12-6-3-7-13-42)31-36-9-8-30-50(32-36,34-49)45-28-22-40(23-29-45)39-20-18-38(19-21-39)37-16-14-35(33-51)15-17-37/h2-7,10-29,36H,8-9,30-32,34H2,1H3. The van der Waals surface area contributed by atoms with E-state index in [1.165, 1.54) is 54.4 Å². The highest BCUT2D eigenvalue weighted by Gasteiger charge is 2.49. The molecule has 0 N–H and O–H groups in total. The minimum absolute atomic E-state index is 0.0747. The molecule has 9 rings (SSSR count). The molecule has 2 aliphatic carbocycles. The lowest BCUT2D eigenvalue weighted by molar-refractivity contribution is 0.0874. The highest BCUT2D eigenvalue weighted by Crippen LogP contribution is 2.57. The molecule has 0 amide bonds. The Labute approximate surface area is 318 Å². The van der Waals surface area contributed by atoms with Crippen molar-refractivity contribution >= 4 is 0 Å². The van der Waals surface area contributed by atoms with Gasteiger partial charge < -0.3 is 0 Å². The first-order valence-electron chi connectivity index (χ1n) is 19.2. The fraction of sp³-hybridized carbons (Fsp3) is 0.200. The van der Waals surface area contributed by atoms with Gasteiger partial charge in [0.1, 0.15) is 0 Å². The van der Waals surface area contributed by atoms with Crippen molar-refractivity contribution in [2.24, 2.45) is 5.92 Å². The van der Waals surface area contributed by atoms with E-state index in [0.717, 1.165) is 40.2 Å². The van der Waals surface area contributed by atoms with Gasteiger partial charge in [-0.3, -0.25) is 0 Å². The van der Waals surface area contributed by atoms with Crippen LogP contribution in [0.15, 0.2) is 158 Å². The first-order valence-corrected chi connectivity index (χ1v) is 19.2. The third kappa shape index (κ3) is 6.52. The molecular weight excluding hydrogens is 657 g/mol. The Morgan fingerprint density at radius 1 is 0.500 bits per heavy atom. The molecule has 3 atom stereocenters. The summed E-state index contributed by atoms with van der Waals surface area (Å²) in [4.78, 5) is 14.8. The first-order chi connectivity index (χ1) is 26.5. The van der Waals surface area contributed by atoms with Gasteiger partial charge in [-0.2, -0.15) is 5.26 Å². The van der Waals surface area contributed by atoms with Gasteiger partial charge in [-0.1, -0.05) is 165 Å². The van der Waals surface area contributed by atoms with Crippen LogP contribution in [-0.4, -0.2) is 15.0 Å². The van der Waals surface area contributed by atoms with Crippen molar-refractivity contribution < 1.29 is 0 Å². The van der Waals surface area contributed by atoms with Crippen LogP contribution in [0.2, 0.25) is 0 Å². The zero-order chi connectivity index (χ0) is 36.5. The van der Waals surface area contributed by atoms with Gasteiger partial charge in [0.15, 0.2) is 17.5 Å². The summed E-state index contributed by atoms with van der Waals surface area (Å²) >= 11 is 0. The Kier molecular flexibility index (Phi) is 8.72. The molecule has 2 bridgehead atoms. The fourth-order valence-corrected chi connectivity index (χ4v) is 9.43. The molecule has 2 aliphatic rings. The zero-order valence-corrected chi connectivity index (χ0v) is 30.6. The summed E-state index contributed by atoms with van der Waals surface area (Å²) in [5.74, 6) is 2.78. The fourth-order valence-electron chi connectivity index (χ4n) is 9.43. The van der Waals surface area contributed by atoms with Crippen LogP contribution in [0, 0.1) is 17.2 Å². The van der Waals surface area contributed by atoms with Crippen molar-refractivity contribution in [1.29, 1.82) is 5.26 Å². The van der Waals surface area contributed by atoms with Crippen LogP contribution in [0.1, 0.15) is 62.1 Å². The SMILES string of the molecule is CC1(c2ccc(-c3nc(-c4ccccc4)nc(-c4ccccc4)n3)cc2)CC2CCCC(c3ccc(-c4ccc(-c5ccc(C#N)cc5)cc4)cc3)(C2)C1. The van der Waals surface area contributed by atoms with Crippen molar-refractivity contribution in [3.63, 3.8) is 0 Å². The zero-order valence-electron chi connectivity index (χ0n) is 30.6. The van der Waals surface area contributed by atoms with Gasteiger partial charge in [0.25, 0.3) is 0 Å². The Hall–Kier alpha value is -6.18. The van der Waals surface area contributed by atoms with Crippen LogP contribution < -0.4 is 0 Å². The Bertz CT molecular complexity index is 2370. The molecule has 2 fully saturated rings. The van der Waals surface area contributed by atoms with Gasteiger partial charge in [0, 0.05) is 16.7 Å². The van der Waals surface area contributed by atoms with Crippen molar-refractivity contribution in [2.75, 3.05) is 0 Å². The van der Waals surface area contributed by atoms with E-state index < -0.39 is 0 Å². The molecule has 7 aromatic rings. The van der Waals surface area contributed by atoms with Crippen LogP contribution in [0.3, 0.4) is 0 Å². The molecule has 2 saturated carbocycles. The van der Waals surface area contributed by atoms with Crippen LogP contribution in [0.4, 0.5) is 0 Å². The molecule has 6 aromatic carbocycles. The summed E-state index contributed by atoms with van der Waals surface area (Å²) in [6.45, 7) is 2.50. The minimum Gasteiger partial charge on any atom is -0.208 e. The molecule has 262 valence electrons. The van der Waals surface area contributed by atoms with Crippen molar-refractivity contribution in [2.45, 2.75) is 56.3 Å². The molecular formula is C50H42N4. The third-order valence-corrected chi connectivity index (χ3v) is 12.0. The minimum atomic E-state index is 0.0747. The normalized spacial score (nSPS) is 20.6. The molecule has 0 saturated heterocycles. The average Bonchev–Trinajstić information content (AvgIpc) is 3.24. The second kappa shape index (κ2) is 14.0.